The molecule has 1 atom stereocenters. The van der Waals surface area contributed by atoms with Gasteiger partial charge in [0, 0.05) is 17.8 Å². The predicted octanol–water partition coefficient (Wildman–Crippen LogP) is 1.63. The van der Waals surface area contributed by atoms with Gasteiger partial charge in [0.15, 0.2) is 5.16 Å². The molecule has 0 aliphatic carbocycles. The molecule has 1 heterocycles. The van der Waals surface area contributed by atoms with Gasteiger partial charge in [-0.1, -0.05) is 18.7 Å². The first-order chi connectivity index (χ1) is 8.06. The highest BCUT2D eigenvalue weighted by Gasteiger charge is 2.12. The van der Waals surface area contributed by atoms with Crippen LogP contribution in [-0.4, -0.2) is 33.1 Å². The lowest BCUT2D eigenvalue weighted by molar-refractivity contribution is 0.532. The van der Waals surface area contributed by atoms with E-state index < -0.39 is 0 Å². The number of H-pyrrole nitrogens is 1. The number of nitrogens with one attached hydrogen (secondary N) is 2. The molecule has 0 radical (unpaired) electrons. The van der Waals surface area contributed by atoms with E-state index in [4.69, 9.17) is 0 Å². The number of rotatable bonds is 7. The van der Waals surface area contributed by atoms with Gasteiger partial charge in [0.1, 0.15) is 0 Å². The SMILES string of the molecule is CCCNC(C)CSc1n[nH]c(=O)n1C(C)C. The van der Waals surface area contributed by atoms with Gasteiger partial charge < -0.3 is 5.32 Å². The number of nitrogens with zero attached hydrogens (tertiary/aromatic N) is 2. The average Bonchev–Trinajstić information content (AvgIpc) is 2.65. The maximum atomic E-state index is 11.5. The van der Waals surface area contributed by atoms with Crippen LogP contribution in [-0.2, 0) is 0 Å². The molecule has 0 amide bonds. The molecule has 2 N–H and O–H groups in total. The summed E-state index contributed by atoms with van der Waals surface area (Å²) in [4.78, 5) is 11.5. The second-order valence-corrected chi connectivity index (χ2v) is 5.43. The fourth-order valence-corrected chi connectivity index (χ4v) is 2.56. The summed E-state index contributed by atoms with van der Waals surface area (Å²) in [5.74, 6) is 0.914. The zero-order valence-electron chi connectivity index (χ0n) is 11.0. The average molecular weight is 258 g/mol. The van der Waals surface area contributed by atoms with Crippen molar-refractivity contribution in [1.29, 1.82) is 0 Å². The largest absolute Gasteiger partial charge is 0.344 e. The Labute approximate surface area is 106 Å². The maximum Gasteiger partial charge on any atom is 0.344 e. The molecule has 0 fully saturated rings. The van der Waals surface area contributed by atoms with E-state index in [1.165, 1.54) is 0 Å². The fourth-order valence-electron chi connectivity index (χ4n) is 1.50. The molecule has 98 valence electrons. The third-order valence-electron chi connectivity index (χ3n) is 2.39. The first-order valence-corrected chi connectivity index (χ1v) is 7.07. The maximum absolute atomic E-state index is 11.5. The van der Waals surface area contributed by atoms with Crippen molar-refractivity contribution in [2.75, 3.05) is 12.3 Å². The fraction of sp³-hybridized carbons (Fsp3) is 0.818. The van der Waals surface area contributed by atoms with Gasteiger partial charge in [-0.25, -0.2) is 9.89 Å². The normalized spacial score (nSPS) is 13.2. The molecule has 0 bridgehead atoms. The molecule has 1 unspecified atom stereocenters. The van der Waals surface area contributed by atoms with Gasteiger partial charge in [0.25, 0.3) is 0 Å². The van der Waals surface area contributed by atoms with E-state index in [2.05, 4.69) is 29.4 Å². The lowest BCUT2D eigenvalue weighted by Crippen LogP contribution is -2.29. The topological polar surface area (TPSA) is 62.7 Å². The summed E-state index contributed by atoms with van der Waals surface area (Å²) < 4.78 is 1.69. The summed E-state index contributed by atoms with van der Waals surface area (Å²) in [5.41, 5.74) is -0.128. The molecule has 1 aromatic heterocycles. The minimum atomic E-state index is -0.128. The van der Waals surface area contributed by atoms with Crippen molar-refractivity contribution in [3.63, 3.8) is 0 Å². The van der Waals surface area contributed by atoms with Gasteiger partial charge in [-0.2, -0.15) is 0 Å². The van der Waals surface area contributed by atoms with E-state index in [1.54, 1.807) is 16.3 Å². The molecule has 1 aromatic rings. The third kappa shape index (κ3) is 4.20. The van der Waals surface area contributed by atoms with Gasteiger partial charge in [-0.15, -0.1) is 5.10 Å². The van der Waals surface area contributed by atoms with Crippen LogP contribution in [0.3, 0.4) is 0 Å². The molecular weight excluding hydrogens is 236 g/mol. The van der Waals surface area contributed by atoms with E-state index in [0.29, 0.717) is 6.04 Å². The second kappa shape index (κ2) is 6.86. The molecule has 0 spiro atoms. The molecule has 1 rings (SSSR count). The number of hydrogen-bond donors (Lipinski definition) is 2. The van der Waals surface area contributed by atoms with E-state index in [9.17, 15) is 4.79 Å². The van der Waals surface area contributed by atoms with Gasteiger partial charge in [0.05, 0.1) is 0 Å². The first kappa shape index (κ1) is 14.3. The van der Waals surface area contributed by atoms with Crippen molar-refractivity contribution < 1.29 is 0 Å². The molecule has 0 aromatic carbocycles. The molecule has 0 aliphatic rings. The minimum absolute atomic E-state index is 0.128. The highest BCUT2D eigenvalue weighted by molar-refractivity contribution is 7.99. The van der Waals surface area contributed by atoms with Crippen LogP contribution in [0.5, 0.6) is 0 Å². The lowest BCUT2D eigenvalue weighted by Gasteiger charge is -2.13. The van der Waals surface area contributed by atoms with Crippen molar-refractivity contribution in [2.45, 2.75) is 51.4 Å². The Morgan fingerprint density at radius 1 is 1.47 bits per heavy atom. The summed E-state index contributed by atoms with van der Waals surface area (Å²) in [6.07, 6.45) is 1.13. The van der Waals surface area contributed by atoms with E-state index in [0.717, 1.165) is 23.9 Å². The number of thioether (sulfide) groups is 1. The van der Waals surface area contributed by atoms with Gasteiger partial charge >= 0.3 is 5.69 Å². The summed E-state index contributed by atoms with van der Waals surface area (Å²) >= 11 is 1.61. The van der Waals surface area contributed by atoms with Crippen molar-refractivity contribution >= 4 is 11.8 Å². The van der Waals surface area contributed by atoms with Crippen LogP contribution in [0.25, 0.3) is 0 Å². The molecular formula is C11H22N4OS. The van der Waals surface area contributed by atoms with E-state index in [-0.39, 0.29) is 11.7 Å². The third-order valence-corrected chi connectivity index (χ3v) is 3.61. The zero-order valence-corrected chi connectivity index (χ0v) is 11.8. The Kier molecular flexibility index (Phi) is 5.77. The van der Waals surface area contributed by atoms with Crippen molar-refractivity contribution in [3.8, 4) is 0 Å². The summed E-state index contributed by atoms with van der Waals surface area (Å²) in [6, 6.07) is 0.565. The quantitative estimate of drug-likeness (QED) is 0.730. The van der Waals surface area contributed by atoms with Crippen LogP contribution >= 0.6 is 11.8 Å². The zero-order chi connectivity index (χ0) is 12.8. The number of aromatic nitrogens is 3. The van der Waals surface area contributed by atoms with E-state index in [1.807, 2.05) is 13.8 Å². The van der Waals surface area contributed by atoms with Crippen LogP contribution in [0.1, 0.15) is 40.2 Å². The van der Waals surface area contributed by atoms with Crippen LogP contribution < -0.4 is 11.0 Å². The van der Waals surface area contributed by atoms with Gasteiger partial charge in [-0.3, -0.25) is 4.57 Å². The highest BCUT2D eigenvalue weighted by Crippen LogP contribution is 2.17. The van der Waals surface area contributed by atoms with Crippen molar-refractivity contribution in [2.24, 2.45) is 0 Å². The summed E-state index contributed by atoms with van der Waals surface area (Å²) in [5, 5.41) is 10.7. The Hall–Kier alpha value is -0.750. The molecule has 5 nitrogen and oxygen atoms in total. The van der Waals surface area contributed by atoms with Crippen LogP contribution in [0.15, 0.2) is 9.95 Å². The Morgan fingerprint density at radius 2 is 2.18 bits per heavy atom. The Bertz CT molecular complexity index is 385. The Morgan fingerprint density at radius 3 is 2.76 bits per heavy atom. The van der Waals surface area contributed by atoms with Crippen LogP contribution in [0.4, 0.5) is 0 Å². The molecule has 0 aliphatic heterocycles. The highest BCUT2D eigenvalue weighted by atomic mass is 32.2. The second-order valence-electron chi connectivity index (χ2n) is 4.44. The molecule has 17 heavy (non-hydrogen) atoms. The van der Waals surface area contributed by atoms with Crippen LogP contribution in [0.2, 0.25) is 0 Å². The summed E-state index contributed by atoms with van der Waals surface area (Å²) in [7, 11) is 0. The standard InChI is InChI=1S/C11H22N4OS/c1-5-6-12-9(4)7-17-11-14-13-10(16)15(11)8(2)3/h8-9,12H,5-7H2,1-4H3,(H,13,16). The molecule has 6 heteroatoms. The number of aromatic amines is 1. The van der Waals surface area contributed by atoms with Crippen molar-refractivity contribution in [1.82, 2.24) is 20.1 Å². The molecule has 0 saturated heterocycles. The van der Waals surface area contributed by atoms with E-state index >= 15 is 0 Å². The lowest BCUT2D eigenvalue weighted by atomic mass is 10.3. The van der Waals surface area contributed by atoms with Gasteiger partial charge in [-0.05, 0) is 33.7 Å². The first-order valence-electron chi connectivity index (χ1n) is 6.09. The predicted molar refractivity (Wildman–Crippen MR) is 71.7 cm³/mol. The smallest absolute Gasteiger partial charge is 0.313 e. The van der Waals surface area contributed by atoms with Crippen LogP contribution in [0, 0.1) is 0 Å². The number of hydrogen-bond acceptors (Lipinski definition) is 4. The monoisotopic (exact) mass is 258 g/mol. The Balaban J connectivity index is 2.54. The summed E-state index contributed by atoms with van der Waals surface area (Å²) in [6.45, 7) is 9.29. The molecule has 0 saturated carbocycles. The van der Waals surface area contributed by atoms with Crippen molar-refractivity contribution in [3.05, 3.63) is 10.5 Å². The van der Waals surface area contributed by atoms with Gasteiger partial charge in [0.2, 0.25) is 0 Å². The minimum Gasteiger partial charge on any atom is -0.313 e.